The molecule has 140 valence electrons. The number of amides is 1. The van der Waals surface area contributed by atoms with Crippen LogP contribution in [-0.4, -0.2) is 50.9 Å². The summed E-state index contributed by atoms with van der Waals surface area (Å²) in [5, 5.41) is 5.26. The maximum atomic E-state index is 12.6. The second kappa shape index (κ2) is 8.06. The van der Waals surface area contributed by atoms with Gasteiger partial charge in [0.05, 0.1) is 26.2 Å². The Bertz CT molecular complexity index is 846. The SMILES string of the molecule is C[C@@H](C(=O)Nc1ccc(Cl)cc1)[NH+]1CCN(S(=O)(=O)c2cccs2)CC1. The summed E-state index contributed by atoms with van der Waals surface area (Å²) in [5.41, 5.74) is 0.699. The predicted molar refractivity (Wildman–Crippen MR) is 103 cm³/mol. The van der Waals surface area contributed by atoms with E-state index in [2.05, 4.69) is 5.32 Å². The molecule has 0 bridgehead atoms. The standard InChI is InChI=1S/C17H20ClN3O3S2/c1-13(17(22)19-15-6-4-14(18)5-7-15)20-8-10-21(11-9-20)26(23,24)16-3-2-12-25-16/h2-7,12-13H,8-11H2,1H3,(H,19,22)/p+1/t13-/m0/s1. The summed E-state index contributed by atoms with van der Waals surface area (Å²) in [6.45, 7) is 3.88. The molecular formula is C17H21ClN3O3S2+. The van der Waals surface area contributed by atoms with Gasteiger partial charge in [0.2, 0.25) is 0 Å². The molecule has 6 nitrogen and oxygen atoms in total. The number of halogens is 1. The van der Waals surface area contributed by atoms with Gasteiger partial charge in [0.1, 0.15) is 4.21 Å². The van der Waals surface area contributed by atoms with Crippen molar-refractivity contribution < 1.29 is 18.1 Å². The van der Waals surface area contributed by atoms with E-state index in [0.29, 0.717) is 41.1 Å². The number of nitrogens with zero attached hydrogens (tertiary/aromatic N) is 1. The van der Waals surface area contributed by atoms with E-state index < -0.39 is 10.0 Å². The fraction of sp³-hybridized carbons (Fsp3) is 0.353. The lowest BCUT2D eigenvalue weighted by Gasteiger charge is -2.33. The first-order valence-electron chi connectivity index (χ1n) is 8.32. The van der Waals surface area contributed by atoms with Crippen LogP contribution in [0.2, 0.25) is 5.02 Å². The molecule has 1 saturated heterocycles. The molecule has 1 aromatic heterocycles. The van der Waals surface area contributed by atoms with E-state index in [9.17, 15) is 13.2 Å². The van der Waals surface area contributed by atoms with Crippen LogP contribution >= 0.6 is 22.9 Å². The van der Waals surface area contributed by atoms with Crippen molar-refractivity contribution in [1.29, 1.82) is 0 Å². The molecule has 0 spiro atoms. The molecule has 1 aliphatic heterocycles. The van der Waals surface area contributed by atoms with E-state index >= 15 is 0 Å². The summed E-state index contributed by atoms with van der Waals surface area (Å²) in [4.78, 5) is 13.5. The average Bonchev–Trinajstić information content (AvgIpc) is 3.18. The number of carbonyl (C=O) groups is 1. The van der Waals surface area contributed by atoms with Crippen LogP contribution in [0.25, 0.3) is 0 Å². The van der Waals surface area contributed by atoms with Gasteiger partial charge >= 0.3 is 0 Å². The minimum atomic E-state index is -3.42. The number of quaternary nitrogens is 1. The van der Waals surface area contributed by atoms with Gasteiger partial charge in [-0.1, -0.05) is 17.7 Å². The van der Waals surface area contributed by atoms with Crippen molar-refractivity contribution in [1.82, 2.24) is 4.31 Å². The van der Waals surface area contributed by atoms with Crippen molar-refractivity contribution in [3.05, 3.63) is 46.8 Å². The van der Waals surface area contributed by atoms with Crippen molar-refractivity contribution >= 4 is 44.6 Å². The second-order valence-corrected chi connectivity index (χ2v) is 9.76. The molecule has 1 fully saturated rings. The van der Waals surface area contributed by atoms with Crippen molar-refractivity contribution in [2.24, 2.45) is 0 Å². The van der Waals surface area contributed by atoms with Crippen molar-refractivity contribution in [3.8, 4) is 0 Å². The van der Waals surface area contributed by atoms with Gasteiger partial charge in [-0.05, 0) is 42.6 Å². The third-order valence-electron chi connectivity index (χ3n) is 4.57. The zero-order valence-corrected chi connectivity index (χ0v) is 16.7. The van der Waals surface area contributed by atoms with Crippen LogP contribution < -0.4 is 10.2 Å². The number of benzene rings is 1. The highest BCUT2D eigenvalue weighted by Crippen LogP contribution is 2.20. The van der Waals surface area contributed by atoms with Gasteiger partial charge < -0.3 is 10.2 Å². The third-order valence-corrected chi connectivity index (χ3v) is 8.09. The van der Waals surface area contributed by atoms with E-state index in [1.54, 1.807) is 41.8 Å². The minimum Gasteiger partial charge on any atom is -0.323 e. The fourth-order valence-electron chi connectivity index (χ4n) is 2.95. The normalized spacial score (nSPS) is 17.8. The van der Waals surface area contributed by atoms with Crippen LogP contribution in [-0.2, 0) is 14.8 Å². The number of hydrogen-bond donors (Lipinski definition) is 2. The van der Waals surface area contributed by atoms with Crippen LogP contribution in [0.1, 0.15) is 6.92 Å². The molecule has 1 atom stereocenters. The topological polar surface area (TPSA) is 70.9 Å². The van der Waals surface area contributed by atoms with Crippen LogP contribution in [0, 0.1) is 0 Å². The maximum Gasteiger partial charge on any atom is 0.282 e. The van der Waals surface area contributed by atoms with Gasteiger partial charge in [0.25, 0.3) is 15.9 Å². The van der Waals surface area contributed by atoms with Gasteiger partial charge in [-0.25, -0.2) is 8.42 Å². The van der Waals surface area contributed by atoms with E-state index in [1.807, 2.05) is 6.92 Å². The molecule has 2 heterocycles. The molecule has 1 aliphatic rings. The summed E-state index contributed by atoms with van der Waals surface area (Å²) in [7, 11) is -3.42. The average molecular weight is 415 g/mol. The molecule has 2 N–H and O–H groups in total. The van der Waals surface area contributed by atoms with E-state index in [-0.39, 0.29) is 11.9 Å². The predicted octanol–water partition coefficient (Wildman–Crippen LogP) is 1.32. The molecule has 1 amide bonds. The van der Waals surface area contributed by atoms with Crippen LogP contribution in [0.5, 0.6) is 0 Å². The summed E-state index contributed by atoms with van der Waals surface area (Å²) in [6, 6.07) is 10.1. The van der Waals surface area contributed by atoms with Crippen LogP contribution in [0.3, 0.4) is 0 Å². The Morgan fingerprint density at radius 3 is 2.46 bits per heavy atom. The molecular weight excluding hydrogens is 394 g/mol. The minimum absolute atomic E-state index is 0.0862. The molecule has 26 heavy (non-hydrogen) atoms. The molecule has 9 heteroatoms. The van der Waals surface area contributed by atoms with Gasteiger partial charge in [0.15, 0.2) is 6.04 Å². The molecule has 0 radical (unpaired) electrons. The van der Waals surface area contributed by atoms with Crippen LogP contribution in [0.15, 0.2) is 46.0 Å². The number of anilines is 1. The van der Waals surface area contributed by atoms with E-state index in [0.717, 1.165) is 4.90 Å². The lowest BCUT2D eigenvalue weighted by molar-refractivity contribution is -0.917. The van der Waals surface area contributed by atoms with E-state index in [1.165, 1.54) is 15.6 Å². The van der Waals surface area contributed by atoms with Gasteiger partial charge in [0, 0.05) is 10.7 Å². The van der Waals surface area contributed by atoms with Crippen LogP contribution in [0.4, 0.5) is 5.69 Å². The van der Waals surface area contributed by atoms with Crippen molar-refractivity contribution in [3.63, 3.8) is 0 Å². The number of carbonyl (C=O) groups excluding carboxylic acids is 1. The number of piperazine rings is 1. The number of sulfonamides is 1. The Morgan fingerprint density at radius 2 is 1.88 bits per heavy atom. The monoisotopic (exact) mass is 414 g/mol. The molecule has 3 rings (SSSR count). The number of thiophene rings is 1. The largest absolute Gasteiger partial charge is 0.323 e. The second-order valence-electron chi connectivity index (χ2n) is 6.21. The smallest absolute Gasteiger partial charge is 0.282 e. The number of rotatable bonds is 5. The highest BCUT2D eigenvalue weighted by Gasteiger charge is 2.34. The fourth-order valence-corrected chi connectivity index (χ4v) is 5.67. The molecule has 1 aromatic carbocycles. The van der Waals surface area contributed by atoms with E-state index in [4.69, 9.17) is 11.6 Å². The summed E-state index contributed by atoms with van der Waals surface area (Å²) in [5.74, 6) is -0.0862. The molecule has 2 aromatic rings. The summed E-state index contributed by atoms with van der Waals surface area (Å²) in [6.07, 6.45) is 0. The Morgan fingerprint density at radius 1 is 1.23 bits per heavy atom. The highest BCUT2D eigenvalue weighted by atomic mass is 35.5. The molecule has 0 aliphatic carbocycles. The quantitative estimate of drug-likeness (QED) is 0.775. The Labute approximate surface area is 162 Å². The highest BCUT2D eigenvalue weighted by molar-refractivity contribution is 7.91. The Hall–Kier alpha value is -1.45. The summed E-state index contributed by atoms with van der Waals surface area (Å²) >= 11 is 7.08. The zero-order valence-electron chi connectivity index (χ0n) is 14.3. The third kappa shape index (κ3) is 4.27. The van der Waals surface area contributed by atoms with Gasteiger partial charge in [-0.2, -0.15) is 4.31 Å². The summed E-state index contributed by atoms with van der Waals surface area (Å²) < 4.78 is 27.0. The van der Waals surface area contributed by atoms with Gasteiger partial charge in [-0.3, -0.25) is 4.79 Å². The van der Waals surface area contributed by atoms with Crippen molar-refractivity contribution in [2.75, 3.05) is 31.5 Å². The van der Waals surface area contributed by atoms with Gasteiger partial charge in [-0.15, -0.1) is 11.3 Å². The lowest BCUT2D eigenvalue weighted by Crippen LogP contribution is -3.19. The first-order valence-corrected chi connectivity index (χ1v) is 11.0. The molecule has 0 unspecified atom stereocenters. The number of hydrogen-bond acceptors (Lipinski definition) is 4. The first-order chi connectivity index (χ1) is 12.4. The Balaban J connectivity index is 1.57. The first kappa shape index (κ1) is 19.3. The zero-order chi connectivity index (χ0) is 18.7. The Kier molecular flexibility index (Phi) is 5.99. The van der Waals surface area contributed by atoms with Crippen molar-refractivity contribution in [2.45, 2.75) is 17.2 Å². The lowest BCUT2D eigenvalue weighted by atomic mass is 10.2. The molecule has 0 saturated carbocycles. The maximum absolute atomic E-state index is 12.6. The number of nitrogens with one attached hydrogen (secondary N) is 2.